The predicted molar refractivity (Wildman–Crippen MR) is 44.8 cm³/mol. The van der Waals surface area contributed by atoms with E-state index in [1.54, 1.807) is 0 Å². The SMILES string of the molecule is C[C@@H]1CC[C@](C)(N)C[C@@H]1C. The quantitative estimate of drug-likeness (QED) is 0.549. The zero-order valence-electron chi connectivity index (χ0n) is 7.35. The van der Waals surface area contributed by atoms with E-state index in [0.717, 1.165) is 11.8 Å². The van der Waals surface area contributed by atoms with Gasteiger partial charge in [-0.05, 0) is 38.0 Å². The molecule has 1 nitrogen and oxygen atoms in total. The lowest BCUT2D eigenvalue weighted by molar-refractivity contribution is 0.190. The fourth-order valence-electron chi connectivity index (χ4n) is 1.88. The van der Waals surface area contributed by atoms with Crippen molar-refractivity contribution in [3.63, 3.8) is 0 Å². The summed E-state index contributed by atoms with van der Waals surface area (Å²) >= 11 is 0. The lowest BCUT2D eigenvalue weighted by atomic mass is 9.73. The predicted octanol–water partition coefficient (Wildman–Crippen LogP) is 2.16. The molecule has 1 rings (SSSR count). The highest BCUT2D eigenvalue weighted by atomic mass is 14.7. The fraction of sp³-hybridized carbons (Fsp3) is 1.00. The molecule has 0 heterocycles. The number of nitrogens with two attached hydrogens (primary N) is 1. The van der Waals surface area contributed by atoms with Gasteiger partial charge in [-0.15, -0.1) is 0 Å². The van der Waals surface area contributed by atoms with Crippen LogP contribution in [0, 0.1) is 11.8 Å². The highest BCUT2D eigenvalue weighted by molar-refractivity contribution is 4.87. The second-order valence-corrected chi connectivity index (χ2v) is 4.35. The number of hydrogen-bond donors (Lipinski definition) is 1. The van der Waals surface area contributed by atoms with Crippen LogP contribution in [0.3, 0.4) is 0 Å². The van der Waals surface area contributed by atoms with Crippen LogP contribution < -0.4 is 5.73 Å². The average Bonchev–Trinajstić information content (AvgIpc) is 1.79. The van der Waals surface area contributed by atoms with Gasteiger partial charge in [0.1, 0.15) is 0 Å². The second kappa shape index (κ2) is 2.54. The standard InChI is InChI=1S/C9H19N/c1-7-4-5-9(3,10)6-8(7)2/h7-8H,4-6,10H2,1-3H3/t7-,8+,9+/m1/s1. The minimum atomic E-state index is 0.131. The van der Waals surface area contributed by atoms with Gasteiger partial charge in [0.15, 0.2) is 0 Å². The maximum absolute atomic E-state index is 6.03. The highest BCUT2D eigenvalue weighted by Gasteiger charge is 2.29. The molecule has 0 saturated heterocycles. The van der Waals surface area contributed by atoms with Gasteiger partial charge in [0.25, 0.3) is 0 Å². The van der Waals surface area contributed by atoms with E-state index in [1.807, 2.05) is 0 Å². The number of rotatable bonds is 0. The van der Waals surface area contributed by atoms with Crippen LogP contribution in [0.25, 0.3) is 0 Å². The van der Waals surface area contributed by atoms with Crippen molar-refractivity contribution in [2.75, 3.05) is 0 Å². The van der Waals surface area contributed by atoms with Gasteiger partial charge in [0.05, 0.1) is 0 Å². The van der Waals surface area contributed by atoms with Gasteiger partial charge in [-0.2, -0.15) is 0 Å². The molecule has 0 aromatic rings. The Balaban J connectivity index is 2.49. The molecule has 1 aliphatic rings. The minimum absolute atomic E-state index is 0.131. The summed E-state index contributed by atoms with van der Waals surface area (Å²) in [5, 5.41) is 0. The molecule has 0 aliphatic heterocycles. The van der Waals surface area contributed by atoms with Gasteiger partial charge in [-0.1, -0.05) is 13.8 Å². The van der Waals surface area contributed by atoms with E-state index < -0.39 is 0 Å². The maximum atomic E-state index is 6.03. The van der Waals surface area contributed by atoms with Gasteiger partial charge >= 0.3 is 0 Å². The third kappa shape index (κ3) is 1.72. The zero-order chi connectivity index (χ0) is 7.78. The van der Waals surface area contributed by atoms with Crippen LogP contribution >= 0.6 is 0 Å². The summed E-state index contributed by atoms with van der Waals surface area (Å²) in [5.41, 5.74) is 6.16. The summed E-state index contributed by atoms with van der Waals surface area (Å²) < 4.78 is 0. The Labute approximate surface area is 64.0 Å². The van der Waals surface area contributed by atoms with Gasteiger partial charge in [-0.3, -0.25) is 0 Å². The molecule has 1 fully saturated rings. The van der Waals surface area contributed by atoms with E-state index in [9.17, 15) is 0 Å². The third-order valence-corrected chi connectivity index (χ3v) is 2.93. The lowest BCUT2D eigenvalue weighted by Gasteiger charge is -2.37. The van der Waals surface area contributed by atoms with Crippen LogP contribution in [0.5, 0.6) is 0 Å². The van der Waals surface area contributed by atoms with Crippen LogP contribution in [0.1, 0.15) is 40.0 Å². The summed E-state index contributed by atoms with van der Waals surface area (Å²) in [7, 11) is 0. The van der Waals surface area contributed by atoms with Crippen LogP contribution in [0.15, 0.2) is 0 Å². The first-order chi connectivity index (χ1) is 4.51. The Morgan fingerprint density at radius 3 is 2.30 bits per heavy atom. The van der Waals surface area contributed by atoms with Gasteiger partial charge < -0.3 is 5.73 Å². The molecular formula is C9H19N. The Morgan fingerprint density at radius 2 is 1.90 bits per heavy atom. The lowest BCUT2D eigenvalue weighted by Crippen LogP contribution is -2.42. The second-order valence-electron chi connectivity index (χ2n) is 4.35. The minimum Gasteiger partial charge on any atom is -0.325 e. The first-order valence-corrected chi connectivity index (χ1v) is 4.30. The van der Waals surface area contributed by atoms with Gasteiger partial charge in [0.2, 0.25) is 0 Å². The molecule has 0 aromatic heterocycles. The summed E-state index contributed by atoms with van der Waals surface area (Å²) in [5.74, 6) is 1.71. The largest absolute Gasteiger partial charge is 0.325 e. The molecule has 0 bridgehead atoms. The monoisotopic (exact) mass is 141 g/mol. The smallest absolute Gasteiger partial charge is 0.0128 e. The van der Waals surface area contributed by atoms with Crippen molar-refractivity contribution in [1.82, 2.24) is 0 Å². The van der Waals surface area contributed by atoms with Crippen molar-refractivity contribution < 1.29 is 0 Å². The van der Waals surface area contributed by atoms with Crippen molar-refractivity contribution >= 4 is 0 Å². The Hall–Kier alpha value is -0.0400. The molecule has 0 amide bonds. The molecule has 1 aliphatic carbocycles. The summed E-state index contributed by atoms with van der Waals surface area (Å²) in [6, 6.07) is 0. The van der Waals surface area contributed by atoms with Crippen molar-refractivity contribution in [2.24, 2.45) is 17.6 Å². The molecular weight excluding hydrogens is 122 g/mol. The van der Waals surface area contributed by atoms with E-state index in [1.165, 1.54) is 19.3 Å². The van der Waals surface area contributed by atoms with E-state index in [0.29, 0.717) is 0 Å². The topological polar surface area (TPSA) is 26.0 Å². The van der Waals surface area contributed by atoms with Crippen molar-refractivity contribution in [2.45, 2.75) is 45.6 Å². The first-order valence-electron chi connectivity index (χ1n) is 4.30. The van der Waals surface area contributed by atoms with E-state index in [2.05, 4.69) is 20.8 Å². The molecule has 1 saturated carbocycles. The summed E-state index contributed by atoms with van der Waals surface area (Å²) in [6.07, 6.45) is 3.72. The van der Waals surface area contributed by atoms with Gasteiger partial charge in [-0.25, -0.2) is 0 Å². The molecule has 3 atom stereocenters. The maximum Gasteiger partial charge on any atom is 0.0128 e. The average molecular weight is 141 g/mol. The molecule has 0 aromatic carbocycles. The van der Waals surface area contributed by atoms with Crippen LogP contribution in [-0.4, -0.2) is 5.54 Å². The van der Waals surface area contributed by atoms with Crippen molar-refractivity contribution in [3.05, 3.63) is 0 Å². The third-order valence-electron chi connectivity index (χ3n) is 2.93. The number of hydrogen-bond acceptors (Lipinski definition) is 1. The normalized spacial score (nSPS) is 49.2. The van der Waals surface area contributed by atoms with Gasteiger partial charge in [0, 0.05) is 5.54 Å². The summed E-state index contributed by atoms with van der Waals surface area (Å²) in [4.78, 5) is 0. The molecule has 60 valence electrons. The molecule has 0 unspecified atom stereocenters. The zero-order valence-corrected chi connectivity index (χ0v) is 7.35. The molecule has 0 radical (unpaired) electrons. The van der Waals surface area contributed by atoms with E-state index in [4.69, 9.17) is 5.73 Å². The summed E-state index contributed by atoms with van der Waals surface area (Å²) in [6.45, 7) is 6.82. The Bertz CT molecular complexity index is 118. The van der Waals surface area contributed by atoms with Crippen LogP contribution in [0.2, 0.25) is 0 Å². The van der Waals surface area contributed by atoms with Crippen molar-refractivity contribution in [1.29, 1.82) is 0 Å². The molecule has 0 spiro atoms. The van der Waals surface area contributed by atoms with E-state index in [-0.39, 0.29) is 5.54 Å². The van der Waals surface area contributed by atoms with E-state index >= 15 is 0 Å². The van der Waals surface area contributed by atoms with Crippen LogP contribution in [-0.2, 0) is 0 Å². The Morgan fingerprint density at radius 1 is 1.30 bits per heavy atom. The first kappa shape index (κ1) is 8.06. The Kier molecular flexibility index (Phi) is 2.04. The van der Waals surface area contributed by atoms with Crippen LogP contribution in [0.4, 0.5) is 0 Å². The van der Waals surface area contributed by atoms with Crippen molar-refractivity contribution in [3.8, 4) is 0 Å². The molecule has 10 heavy (non-hydrogen) atoms. The molecule has 2 N–H and O–H groups in total. The highest BCUT2D eigenvalue weighted by Crippen LogP contribution is 2.33. The fourth-order valence-corrected chi connectivity index (χ4v) is 1.88. The molecule has 1 heteroatoms.